The first-order chi connectivity index (χ1) is 11.5. The van der Waals surface area contributed by atoms with Gasteiger partial charge in [-0.05, 0) is 48.0 Å². The Kier molecular flexibility index (Phi) is 5.93. The maximum Gasteiger partial charge on any atom is 0.288 e. The number of hydrogen-bond acceptors (Lipinski definition) is 4. The molecule has 0 radical (unpaired) electrons. The minimum atomic E-state index is -2.51. The molecule has 0 unspecified atom stereocenters. The second kappa shape index (κ2) is 8.13. The molecule has 122 valence electrons. The number of benzene rings is 2. The van der Waals surface area contributed by atoms with E-state index in [9.17, 15) is 18.7 Å². The molecule has 24 heavy (non-hydrogen) atoms. The zero-order valence-corrected chi connectivity index (χ0v) is 13.1. The third-order valence-electron chi connectivity index (χ3n) is 2.91. The number of halogens is 2. The SMILES string of the molecule is N#C/C(=C\c1ccc(O)cc1)C(=O)Nc1ccc(SC(F)F)cc1. The van der Waals surface area contributed by atoms with E-state index in [0.717, 1.165) is 0 Å². The Morgan fingerprint density at radius 1 is 1.17 bits per heavy atom. The van der Waals surface area contributed by atoms with Crippen molar-refractivity contribution in [3.63, 3.8) is 0 Å². The van der Waals surface area contributed by atoms with E-state index in [-0.39, 0.29) is 11.3 Å². The van der Waals surface area contributed by atoms with Crippen molar-refractivity contribution in [3.8, 4) is 11.8 Å². The standard InChI is InChI=1S/C17H12F2N2O2S/c18-17(19)24-15-7-3-13(4-8-15)21-16(23)12(10-20)9-11-1-5-14(22)6-2-11/h1-9,17,22H,(H,21,23)/b12-9+. The van der Waals surface area contributed by atoms with Gasteiger partial charge < -0.3 is 10.4 Å². The van der Waals surface area contributed by atoms with Crippen molar-refractivity contribution >= 4 is 29.4 Å². The zero-order chi connectivity index (χ0) is 17.5. The molecule has 0 aromatic heterocycles. The Balaban J connectivity index is 2.09. The highest BCUT2D eigenvalue weighted by Gasteiger charge is 2.10. The van der Waals surface area contributed by atoms with Gasteiger partial charge in [-0.2, -0.15) is 14.0 Å². The van der Waals surface area contributed by atoms with Crippen LogP contribution in [0, 0.1) is 11.3 Å². The van der Waals surface area contributed by atoms with E-state index < -0.39 is 11.7 Å². The van der Waals surface area contributed by atoms with Crippen LogP contribution < -0.4 is 5.32 Å². The van der Waals surface area contributed by atoms with Crippen LogP contribution in [0.5, 0.6) is 5.75 Å². The molecule has 0 heterocycles. The molecule has 0 saturated carbocycles. The summed E-state index contributed by atoms with van der Waals surface area (Å²) in [6, 6.07) is 13.7. The molecule has 4 nitrogen and oxygen atoms in total. The van der Waals surface area contributed by atoms with Gasteiger partial charge in [0.15, 0.2) is 0 Å². The number of aromatic hydroxyl groups is 1. The summed E-state index contributed by atoms with van der Waals surface area (Å²) in [6.07, 6.45) is 1.38. The third-order valence-corrected chi connectivity index (χ3v) is 3.63. The van der Waals surface area contributed by atoms with E-state index >= 15 is 0 Å². The van der Waals surface area contributed by atoms with Crippen LogP contribution >= 0.6 is 11.8 Å². The van der Waals surface area contributed by atoms with E-state index in [1.165, 1.54) is 42.5 Å². The number of thioether (sulfide) groups is 1. The molecule has 0 bridgehead atoms. The number of phenols is 1. The molecular formula is C17H12F2N2O2S. The normalized spacial score (nSPS) is 11.2. The summed E-state index contributed by atoms with van der Waals surface area (Å²) in [5, 5.41) is 20.9. The molecule has 2 aromatic rings. The summed E-state index contributed by atoms with van der Waals surface area (Å²) in [5.41, 5.74) is 0.861. The molecule has 0 fully saturated rings. The van der Waals surface area contributed by atoms with Crippen LogP contribution in [0.15, 0.2) is 59.0 Å². The molecule has 0 aliphatic rings. The Morgan fingerprint density at radius 3 is 2.33 bits per heavy atom. The number of carbonyl (C=O) groups excluding carboxylic acids is 1. The number of hydrogen-bond donors (Lipinski definition) is 2. The van der Waals surface area contributed by atoms with Gasteiger partial charge in [0.05, 0.1) is 0 Å². The number of nitriles is 1. The lowest BCUT2D eigenvalue weighted by Crippen LogP contribution is -2.13. The average Bonchev–Trinajstić information content (AvgIpc) is 2.55. The van der Waals surface area contributed by atoms with Crippen molar-refractivity contribution in [1.29, 1.82) is 5.26 Å². The number of nitrogens with one attached hydrogen (secondary N) is 1. The Labute approximate surface area is 141 Å². The highest BCUT2D eigenvalue weighted by atomic mass is 32.2. The zero-order valence-electron chi connectivity index (χ0n) is 12.2. The summed E-state index contributed by atoms with van der Waals surface area (Å²) in [4.78, 5) is 12.5. The Bertz CT molecular complexity index is 782. The third kappa shape index (κ3) is 5.11. The van der Waals surface area contributed by atoms with Crippen LogP contribution in [-0.2, 0) is 4.79 Å². The van der Waals surface area contributed by atoms with E-state index in [1.807, 2.05) is 0 Å². The van der Waals surface area contributed by atoms with Gasteiger partial charge in [0.25, 0.3) is 11.7 Å². The van der Waals surface area contributed by atoms with Crippen molar-refractivity contribution in [2.45, 2.75) is 10.7 Å². The first kappa shape index (κ1) is 17.5. The molecule has 1 amide bonds. The first-order valence-corrected chi connectivity index (χ1v) is 7.63. The molecule has 0 aliphatic carbocycles. The molecule has 0 atom stereocenters. The lowest BCUT2D eigenvalue weighted by atomic mass is 10.1. The quantitative estimate of drug-likeness (QED) is 0.482. The summed E-state index contributed by atoms with van der Waals surface area (Å²) < 4.78 is 24.5. The number of nitrogens with zero attached hydrogens (tertiary/aromatic N) is 1. The van der Waals surface area contributed by atoms with Crippen molar-refractivity contribution in [2.24, 2.45) is 0 Å². The summed E-state index contributed by atoms with van der Waals surface area (Å²) in [6.45, 7) is 0. The van der Waals surface area contributed by atoms with Gasteiger partial charge >= 0.3 is 0 Å². The maximum absolute atomic E-state index is 12.2. The Hall–Kier alpha value is -2.85. The molecule has 2 aromatic carbocycles. The lowest BCUT2D eigenvalue weighted by Gasteiger charge is -2.06. The van der Waals surface area contributed by atoms with Crippen LogP contribution in [0.25, 0.3) is 6.08 Å². The molecule has 0 spiro atoms. The maximum atomic E-state index is 12.2. The smallest absolute Gasteiger partial charge is 0.288 e. The second-order valence-electron chi connectivity index (χ2n) is 4.62. The van der Waals surface area contributed by atoms with Gasteiger partial charge in [0, 0.05) is 10.6 Å². The van der Waals surface area contributed by atoms with Crippen molar-refractivity contribution in [3.05, 3.63) is 59.7 Å². The van der Waals surface area contributed by atoms with Gasteiger partial charge in [0.1, 0.15) is 17.4 Å². The monoisotopic (exact) mass is 346 g/mol. The van der Waals surface area contributed by atoms with Gasteiger partial charge in [-0.25, -0.2) is 0 Å². The number of amides is 1. The second-order valence-corrected chi connectivity index (χ2v) is 5.68. The average molecular weight is 346 g/mol. The molecule has 2 N–H and O–H groups in total. The fourth-order valence-corrected chi connectivity index (χ4v) is 2.30. The number of anilines is 1. The van der Waals surface area contributed by atoms with Crippen LogP contribution in [0.3, 0.4) is 0 Å². The highest BCUT2D eigenvalue weighted by Crippen LogP contribution is 2.26. The van der Waals surface area contributed by atoms with Crippen molar-refractivity contribution in [2.75, 3.05) is 5.32 Å². The van der Waals surface area contributed by atoms with Crippen molar-refractivity contribution in [1.82, 2.24) is 0 Å². The van der Waals surface area contributed by atoms with Crippen LogP contribution in [-0.4, -0.2) is 16.8 Å². The minimum Gasteiger partial charge on any atom is -0.508 e. The van der Waals surface area contributed by atoms with Crippen LogP contribution in [0.2, 0.25) is 0 Å². The lowest BCUT2D eigenvalue weighted by molar-refractivity contribution is -0.112. The summed E-state index contributed by atoms with van der Waals surface area (Å²) in [7, 11) is 0. The van der Waals surface area contributed by atoms with E-state index in [0.29, 0.717) is 27.9 Å². The number of carbonyl (C=O) groups is 1. The molecule has 0 saturated heterocycles. The van der Waals surface area contributed by atoms with Crippen molar-refractivity contribution < 1.29 is 18.7 Å². The minimum absolute atomic E-state index is 0.0804. The first-order valence-electron chi connectivity index (χ1n) is 6.75. The molecule has 7 heteroatoms. The number of rotatable bonds is 5. The molecular weight excluding hydrogens is 334 g/mol. The number of alkyl halides is 2. The number of phenolic OH excluding ortho intramolecular Hbond substituents is 1. The van der Waals surface area contributed by atoms with E-state index in [1.54, 1.807) is 18.2 Å². The van der Waals surface area contributed by atoms with Gasteiger partial charge in [0.2, 0.25) is 0 Å². The fourth-order valence-electron chi connectivity index (χ4n) is 1.80. The molecule has 2 rings (SSSR count). The van der Waals surface area contributed by atoms with Gasteiger partial charge in [-0.3, -0.25) is 4.79 Å². The highest BCUT2D eigenvalue weighted by molar-refractivity contribution is 7.99. The largest absolute Gasteiger partial charge is 0.508 e. The predicted molar refractivity (Wildman–Crippen MR) is 88.6 cm³/mol. The Morgan fingerprint density at radius 2 is 1.79 bits per heavy atom. The van der Waals surface area contributed by atoms with E-state index in [4.69, 9.17) is 5.26 Å². The summed E-state index contributed by atoms with van der Waals surface area (Å²) >= 11 is 0.410. The van der Waals surface area contributed by atoms with Crippen LogP contribution in [0.1, 0.15) is 5.56 Å². The fraction of sp³-hybridized carbons (Fsp3) is 0.0588. The van der Waals surface area contributed by atoms with Gasteiger partial charge in [-0.15, -0.1) is 0 Å². The predicted octanol–water partition coefficient (Wildman–Crippen LogP) is 4.25. The summed E-state index contributed by atoms with van der Waals surface area (Å²) in [5.74, 6) is -3.04. The molecule has 0 aliphatic heterocycles. The van der Waals surface area contributed by atoms with Gasteiger partial charge in [-0.1, -0.05) is 23.9 Å². The van der Waals surface area contributed by atoms with E-state index in [2.05, 4.69) is 5.32 Å². The topological polar surface area (TPSA) is 73.1 Å². The van der Waals surface area contributed by atoms with Crippen LogP contribution in [0.4, 0.5) is 14.5 Å².